The minimum absolute atomic E-state index is 0.00836. The molecular weight excluding hydrogens is 440 g/mol. The minimum atomic E-state index is -4.88. The van der Waals surface area contributed by atoms with Gasteiger partial charge in [-0.2, -0.15) is 5.10 Å². The Morgan fingerprint density at radius 3 is 2.44 bits per heavy atom. The van der Waals surface area contributed by atoms with Gasteiger partial charge in [-0.05, 0) is 36.8 Å². The second-order valence-electron chi connectivity index (χ2n) is 7.20. The zero-order valence-corrected chi connectivity index (χ0v) is 16.5. The first-order valence-corrected chi connectivity index (χ1v) is 9.38. The Morgan fingerprint density at radius 2 is 1.78 bits per heavy atom. The molecule has 0 saturated carbocycles. The predicted octanol–water partition coefficient (Wildman–Crippen LogP) is 4.60. The van der Waals surface area contributed by atoms with Gasteiger partial charge in [-0.3, -0.25) is 9.48 Å². The molecule has 2 aromatic carbocycles. The fourth-order valence-corrected chi connectivity index (χ4v) is 3.76. The molecule has 5 nitrogen and oxygen atoms in total. The Kier molecular flexibility index (Phi) is 5.35. The average molecular weight is 455 g/mol. The Labute approximate surface area is 177 Å². The summed E-state index contributed by atoms with van der Waals surface area (Å²) in [5.74, 6) is -5.26. The summed E-state index contributed by atoms with van der Waals surface area (Å²) in [6.07, 6.45) is -4.60. The van der Waals surface area contributed by atoms with Crippen molar-refractivity contribution >= 4 is 5.91 Å². The molecular formula is C21H15F6N3O2. The predicted molar refractivity (Wildman–Crippen MR) is 100 cm³/mol. The van der Waals surface area contributed by atoms with E-state index in [0.29, 0.717) is 17.0 Å². The van der Waals surface area contributed by atoms with Crippen molar-refractivity contribution in [2.45, 2.75) is 19.3 Å². The van der Waals surface area contributed by atoms with E-state index in [1.54, 1.807) is 7.05 Å². The fourth-order valence-electron chi connectivity index (χ4n) is 3.76. The summed E-state index contributed by atoms with van der Waals surface area (Å²) in [6.45, 7) is 0.236. The number of hydrogen-bond acceptors (Lipinski definition) is 3. The lowest BCUT2D eigenvalue weighted by Crippen LogP contribution is -2.36. The van der Waals surface area contributed by atoms with Crippen molar-refractivity contribution in [3.05, 3.63) is 70.7 Å². The standard InChI is InChI=1S/C21H15F6N3O2/c1-29-19(12-8-15(22)18(24)16(23)9-12)14-5-6-30(10-17(14)28-29)20(31)11-3-2-4-13(7-11)32-21(25,26)27/h2-4,7-9H,5-6,10H2,1H3. The topological polar surface area (TPSA) is 47.4 Å². The second kappa shape index (κ2) is 7.88. The first-order valence-electron chi connectivity index (χ1n) is 9.38. The van der Waals surface area contributed by atoms with Crippen molar-refractivity contribution in [1.82, 2.24) is 14.7 Å². The number of halogens is 6. The Balaban J connectivity index is 1.60. The van der Waals surface area contributed by atoms with Crippen LogP contribution in [0.25, 0.3) is 11.3 Å². The van der Waals surface area contributed by atoms with Gasteiger partial charge in [0.2, 0.25) is 0 Å². The van der Waals surface area contributed by atoms with Crippen LogP contribution in [0.4, 0.5) is 26.3 Å². The lowest BCUT2D eigenvalue weighted by atomic mass is 9.99. The van der Waals surface area contributed by atoms with Crippen LogP contribution in [-0.2, 0) is 20.0 Å². The molecule has 0 spiro atoms. The second-order valence-corrected chi connectivity index (χ2v) is 7.20. The molecule has 0 fully saturated rings. The number of rotatable bonds is 3. The van der Waals surface area contributed by atoms with Crippen molar-refractivity contribution in [3.63, 3.8) is 0 Å². The lowest BCUT2D eigenvalue weighted by Gasteiger charge is -2.27. The Bertz CT molecular complexity index is 1180. The SMILES string of the molecule is Cn1nc2c(c1-c1cc(F)c(F)c(F)c1)CCN(C(=O)c1cccc(OC(F)(F)F)c1)C2. The molecule has 0 saturated heterocycles. The van der Waals surface area contributed by atoms with Gasteiger partial charge in [0.05, 0.1) is 17.9 Å². The van der Waals surface area contributed by atoms with Crippen molar-refractivity contribution in [2.75, 3.05) is 6.54 Å². The van der Waals surface area contributed by atoms with E-state index in [-0.39, 0.29) is 30.6 Å². The average Bonchev–Trinajstić information content (AvgIpc) is 3.04. The number of carbonyl (C=O) groups is 1. The van der Waals surface area contributed by atoms with E-state index in [4.69, 9.17) is 0 Å². The summed E-state index contributed by atoms with van der Waals surface area (Å²) in [7, 11) is 1.55. The number of amides is 1. The number of aryl methyl sites for hydroxylation is 1. The normalized spacial score (nSPS) is 13.8. The number of alkyl halides is 3. The number of fused-ring (bicyclic) bond motifs is 1. The van der Waals surface area contributed by atoms with Gasteiger partial charge in [-0.25, -0.2) is 13.2 Å². The lowest BCUT2D eigenvalue weighted by molar-refractivity contribution is -0.274. The van der Waals surface area contributed by atoms with E-state index < -0.39 is 35.5 Å². The van der Waals surface area contributed by atoms with E-state index in [2.05, 4.69) is 9.84 Å². The molecule has 2 heterocycles. The molecule has 1 amide bonds. The van der Waals surface area contributed by atoms with Gasteiger partial charge in [-0.15, -0.1) is 13.2 Å². The van der Waals surface area contributed by atoms with Crippen LogP contribution in [0.5, 0.6) is 5.75 Å². The molecule has 0 N–H and O–H groups in total. The molecule has 1 aliphatic heterocycles. The van der Waals surface area contributed by atoms with E-state index in [0.717, 1.165) is 24.3 Å². The van der Waals surface area contributed by atoms with Gasteiger partial charge in [0.15, 0.2) is 17.5 Å². The molecule has 4 rings (SSSR count). The van der Waals surface area contributed by atoms with Crippen LogP contribution in [0.1, 0.15) is 21.6 Å². The van der Waals surface area contributed by atoms with Crippen LogP contribution < -0.4 is 4.74 Å². The molecule has 0 aliphatic carbocycles. The molecule has 32 heavy (non-hydrogen) atoms. The van der Waals surface area contributed by atoms with E-state index in [1.165, 1.54) is 21.7 Å². The number of carbonyl (C=O) groups excluding carboxylic acids is 1. The van der Waals surface area contributed by atoms with Crippen LogP contribution in [0.15, 0.2) is 36.4 Å². The summed E-state index contributed by atoms with van der Waals surface area (Å²) in [6, 6.07) is 6.48. The van der Waals surface area contributed by atoms with Gasteiger partial charge in [0.25, 0.3) is 5.91 Å². The Morgan fingerprint density at radius 1 is 1.09 bits per heavy atom. The highest BCUT2D eigenvalue weighted by Crippen LogP contribution is 2.32. The van der Waals surface area contributed by atoms with Gasteiger partial charge in [0.1, 0.15) is 5.75 Å². The van der Waals surface area contributed by atoms with Crippen molar-refractivity contribution in [3.8, 4) is 17.0 Å². The third-order valence-electron chi connectivity index (χ3n) is 5.06. The molecule has 1 aromatic heterocycles. The zero-order valence-electron chi connectivity index (χ0n) is 16.5. The smallest absolute Gasteiger partial charge is 0.406 e. The third kappa shape index (κ3) is 4.14. The molecule has 168 valence electrons. The van der Waals surface area contributed by atoms with Crippen molar-refractivity contribution in [2.24, 2.45) is 7.05 Å². The summed E-state index contributed by atoms with van der Waals surface area (Å²) in [4.78, 5) is 14.2. The third-order valence-corrected chi connectivity index (χ3v) is 5.06. The Hall–Kier alpha value is -3.50. The number of benzene rings is 2. The summed E-state index contributed by atoms with van der Waals surface area (Å²) in [5.41, 5.74) is 1.62. The van der Waals surface area contributed by atoms with Crippen LogP contribution in [0.3, 0.4) is 0 Å². The summed E-state index contributed by atoms with van der Waals surface area (Å²) >= 11 is 0. The monoisotopic (exact) mass is 455 g/mol. The van der Waals surface area contributed by atoms with Crippen molar-refractivity contribution < 1.29 is 35.9 Å². The molecule has 0 unspecified atom stereocenters. The summed E-state index contributed by atoms with van der Waals surface area (Å²) in [5, 5.41) is 4.31. The molecule has 0 radical (unpaired) electrons. The van der Waals surface area contributed by atoms with E-state index in [9.17, 15) is 31.1 Å². The number of ether oxygens (including phenoxy) is 1. The van der Waals surface area contributed by atoms with Crippen molar-refractivity contribution in [1.29, 1.82) is 0 Å². The highest BCUT2D eigenvalue weighted by Gasteiger charge is 2.32. The quantitative estimate of drug-likeness (QED) is 0.429. The first kappa shape index (κ1) is 21.7. The summed E-state index contributed by atoms with van der Waals surface area (Å²) < 4.78 is 83.3. The number of aromatic nitrogens is 2. The molecule has 1 aliphatic rings. The van der Waals surface area contributed by atoms with Crippen LogP contribution in [0.2, 0.25) is 0 Å². The van der Waals surface area contributed by atoms with Gasteiger partial charge in [0, 0.05) is 30.3 Å². The van der Waals surface area contributed by atoms with Crippen LogP contribution in [0, 0.1) is 17.5 Å². The molecule has 0 atom stereocenters. The molecule has 0 bridgehead atoms. The van der Waals surface area contributed by atoms with E-state index >= 15 is 0 Å². The highest BCUT2D eigenvalue weighted by atomic mass is 19.4. The maximum absolute atomic E-state index is 13.7. The van der Waals surface area contributed by atoms with Gasteiger partial charge >= 0.3 is 6.36 Å². The number of hydrogen-bond donors (Lipinski definition) is 0. The minimum Gasteiger partial charge on any atom is -0.406 e. The van der Waals surface area contributed by atoms with Gasteiger partial charge in [-0.1, -0.05) is 6.07 Å². The van der Waals surface area contributed by atoms with E-state index in [1.807, 2.05) is 0 Å². The maximum atomic E-state index is 13.7. The first-order chi connectivity index (χ1) is 15.0. The van der Waals surface area contributed by atoms with Crippen LogP contribution in [-0.4, -0.2) is 33.5 Å². The maximum Gasteiger partial charge on any atom is 0.573 e. The fraction of sp³-hybridized carbons (Fsp3) is 0.238. The number of nitrogens with zero attached hydrogens (tertiary/aromatic N) is 3. The van der Waals surface area contributed by atoms with Gasteiger partial charge < -0.3 is 9.64 Å². The largest absolute Gasteiger partial charge is 0.573 e. The molecule has 11 heteroatoms. The zero-order chi connectivity index (χ0) is 23.2. The highest BCUT2D eigenvalue weighted by molar-refractivity contribution is 5.94. The molecule has 3 aromatic rings. The van der Waals surface area contributed by atoms with Crippen LogP contribution >= 0.6 is 0 Å².